The lowest BCUT2D eigenvalue weighted by atomic mass is 10.2. The van der Waals surface area contributed by atoms with Gasteiger partial charge < -0.3 is 4.42 Å². The van der Waals surface area contributed by atoms with Gasteiger partial charge in [0.2, 0.25) is 0 Å². The highest BCUT2D eigenvalue weighted by Crippen LogP contribution is 2.09. The standard InChI is InChI=1S/C12H10BrNO/c13-11-5-3-10(4-6-11)8-14-9-12-2-1-7-15-12/h1-8H,9H2. The van der Waals surface area contributed by atoms with Gasteiger partial charge in [0.05, 0.1) is 12.8 Å². The van der Waals surface area contributed by atoms with Crippen LogP contribution in [0.4, 0.5) is 0 Å². The number of hydrogen-bond acceptors (Lipinski definition) is 2. The molecule has 0 saturated heterocycles. The average molecular weight is 264 g/mol. The van der Waals surface area contributed by atoms with Gasteiger partial charge in [0.15, 0.2) is 0 Å². The maximum Gasteiger partial charge on any atom is 0.125 e. The highest BCUT2D eigenvalue weighted by atomic mass is 79.9. The van der Waals surface area contributed by atoms with Gasteiger partial charge in [0.25, 0.3) is 0 Å². The van der Waals surface area contributed by atoms with Gasteiger partial charge in [-0.05, 0) is 29.8 Å². The van der Waals surface area contributed by atoms with Gasteiger partial charge in [-0.1, -0.05) is 28.1 Å². The molecular weight excluding hydrogens is 254 g/mol. The van der Waals surface area contributed by atoms with Crippen LogP contribution in [0.5, 0.6) is 0 Å². The van der Waals surface area contributed by atoms with Crippen LogP contribution in [0.2, 0.25) is 0 Å². The molecule has 3 heteroatoms. The average Bonchev–Trinajstić information content (AvgIpc) is 2.74. The third kappa shape index (κ3) is 3.06. The predicted octanol–water partition coefficient (Wildman–Crippen LogP) is 3.66. The van der Waals surface area contributed by atoms with E-state index >= 15 is 0 Å². The molecule has 0 aliphatic carbocycles. The van der Waals surface area contributed by atoms with E-state index in [1.54, 1.807) is 6.26 Å². The van der Waals surface area contributed by atoms with Crippen molar-refractivity contribution in [1.29, 1.82) is 0 Å². The summed E-state index contributed by atoms with van der Waals surface area (Å²) in [5.41, 5.74) is 1.09. The first-order valence-electron chi connectivity index (χ1n) is 4.62. The largest absolute Gasteiger partial charge is 0.467 e. The number of aliphatic imine (C=N–C) groups is 1. The summed E-state index contributed by atoms with van der Waals surface area (Å²) in [7, 11) is 0. The molecule has 0 unspecified atom stereocenters. The summed E-state index contributed by atoms with van der Waals surface area (Å²) in [4.78, 5) is 4.28. The first kappa shape index (κ1) is 10.2. The van der Waals surface area contributed by atoms with E-state index in [9.17, 15) is 0 Å². The van der Waals surface area contributed by atoms with Crippen LogP contribution >= 0.6 is 15.9 Å². The minimum Gasteiger partial charge on any atom is -0.467 e. The first-order chi connectivity index (χ1) is 7.34. The molecule has 0 radical (unpaired) electrons. The van der Waals surface area contributed by atoms with Crippen LogP contribution in [-0.2, 0) is 6.54 Å². The van der Waals surface area contributed by atoms with E-state index in [0.29, 0.717) is 6.54 Å². The summed E-state index contributed by atoms with van der Waals surface area (Å²) in [5, 5.41) is 0. The number of hydrogen-bond donors (Lipinski definition) is 0. The lowest BCUT2D eigenvalue weighted by Gasteiger charge is -1.93. The molecule has 0 bridgehead atoms. The summed E-state index contributed by atoms with van der Waals surface area (Å²) in [5.74, 6) is 0.878. The van der Waals surface area contributed by atoms with Crippen LogP contribution in [0.15, 0.2) is 56.5 Å². The van der Waals surface area contributed by atoms with Crippen molar-refractivity contribution in [1.82, 2.24) is 0 Å². The van der Waals surface area contributed by atoms with Crippen molar-refractivity contribution < 1.29 is 4.42 Å². The minimum atomic E-state index is 0.586. The van der Waals surface area contributed by atoms with Gasteiger partial charge >= 0.3 is 0 Å². The van der Waals surface area contributed by atoms with E-state index in [2.05, 4.69) is 20.9 Å². The fourth-order valence-electron chi connectivity index (χ4n) is 1.19. The zero-order valence-electron chi connectivity index (χ0n) is 8.06. The molecule has 0 atom stereocenters. The molecule has 15 heavy (non-hydrogen) atoms. The minimum absolute atomic E-state index is 0.586. The molecule has 2 rings (SSSR count). The van der Waals surface area contributed by atoms with Crippen molar-refractivity contribution in [2.75, 3.05) is 0 Å². The van der Waals surface area contributed by atoms with Crippen LogP contribution in [-0.4, -0.2) is 6.21 Å². The lowest BCUT2D eigenvalue weighted by molar-refractivity contribution is 0.513. The smallest absolute Gasteiger partial charge is 0.125 e. The molecule has 0 aliphatic heterocycles. The number of halogens is 1. The molecule has 0 aliphatic rings. The van der Waals surface area contributed by atoms with Crippen molar-refractivity contribution in [2.45, 2.75) is 6.54 Å². The topological polar surface area (TPSA) is 25.5 Å². The van der Waals surface area contributed by atoms with Crippen LogP contribution in [0.25, 0.3) is 0 Å². The normalized spacial score (nSPS) is 11.0. The van der Waals surface area contributed by atoms with E-state index < -0.39 is 0 Å². The number of furan rings is 1. The van der Waals surface area contributed by atoms with Crippen LogP contribution in [0.3, 0.4) is 0 Å². The zero-order chi connectivity index (χ0) is 10.5. The van der Waals surface area contributed by atoms with Gasteiger partial charge in [-0.25, -0.2) is 0 Å². The SMILES string of the molecule is Brc1ccc(C=NCc2ccco2)cc1. The highest BCUT2D eigenvalue weighted by molar-refractivity contribution is 9.10. The molecule has 0 amide bonds. The summed E-state index contributed by atoms with van der Waals surface area (Å²) in [6, 6.07) is 11.8. The van der Waals surface area contributed by atoms with Crippen molar-refractivity contribution in [3.8, 4) is 0 Å². The Bertz CT molecular complexity index is 431. The highest BCUT2D eigenvalue weighted by Gasteiger charge is 1.91. The number of benzene rings is 1. The molecular formula is C12H10BrNO. The summed E-state index contributed by atoms with van der Waals surface area (Å²) in [6.07, 6.45) is 3.50. The molecule has 0 fully saturated rings. The fraction of sp³-hybridized carbons (Fsp3) is 0.0833. The Kier molecular flexibility index (Phi) is 3.35. The molecule has 1 aromatic carbocycles. The fourth-order valence-corrected chi connectivity index (χ4v) is 1.46. The summed E-state index contributed by atoms with van der Waals surface area (Å²) < 4.78 is 6.24. The second kappa shape index (κ2) is 4.94. The number of nitrogens with zero attached hydrogens (tertiary/aromatic N) is 1. The third-order valence-electron chi connectivity index (χ3n) is 1.94. The van der Waals surface area contributed by atoms with Crippen molar-refractivity contribution >= 4 is 22.1 Å². The third-order valence-corrected chi connectivity index (χ3v) is 2.47. The van der Waals surface area contributed by atoms with Gasteiger partial charge in [0, 0.05) is 10.7 Å². The summed E-state index contributed by atoms with van der Waals surface area (Å²) in [6.45, 7) is 0.586. The Morgan fingerprint density at radius 3 is 2.67 bits per heavy atom. The number of rotatable bonds is 3. The predicted molar refractivity (Wildman–Crippen MR) is 64.1 cm³/mol. The van der Waals surface area contributed by atoms with Gasteiger partial charge in [-0.3, -0.25) is 4.99 Å². The maximum atomic E-state index is 5.17. The Labute approximate surface area is 96.8 Å². The molecule has 0 saturated carbocycles. The van der Waals surface area contributed by atoms with E-state index in [-0.39, 0.29) is 0 Å². The molecule has 0 N–H and O–H groups in total. The Morgan fingerprint density at radius 1 is 1.20 bits per heavy atom. The van der Waals surface area contributed by atoms with Gasteiger partial charge in [-0.2, -0.15) is 0 Å². The molecule has 0 spiro atoms. The Morgan fingerprint density at radius 2 is 2.00 bits per heavy atom. The Balaban J connectivity index is 1.97. The zero-order valence-corrected chi connectivity index (χ0v) is 9.65. The van der Waals surface area contributed by atoms with Crippen molar-refractivity contribution in [3.63, 3.8) is 0 Å². The van der Waals surface area contributed by atoms with Crippen molar-refractivity contribution in [2.24, 2.45) is 4.99 Å². The van der Waals surface area contributed by atoms with Gasteiger partial charge in [0.1, 0.15) is 5.76 Å². The van der Waals surface area contributed by atoms with E-state index in [1.165, 1.54) is 0 Å². The second-order valence-electron chi connectivity index (χ2n) is 3.10. The molecule has 1 heterocycles. The quantitative estimate of drug-likeness (QED) is 0.776. The maximum absolute atomic E-state index is 5.17. The molecule has 2 aromatic rings. The lowest BCUT2D eigenvalue weighted by Crippen LogP contribution is -1.82. The van der Waals surface area contributed by atoms with E-state index in [1.807, 2.05) is 42.6 Å². The van der Waals surface area contributed by atoms with E-state index in [0.717, 1.165) is 15.8 Å². The van der Waals surface area contributed by atoms with Gasteiger partial charge in [-0.15, -0.1) is 0 Å². The van der Waals surface area contributed by atoms with Crippen molar-refractivity contribution in [3.05, 3.63) is 58.5 Å². The molecule has 2 nitrogen and oxygen atoms in total. The monoisotopic (exact) mass is 263 g/mol. The summed E-state index contributed by atoms with van der Waals surface area (Å²) >= 11 is 3.39. The Hall–Kier alpha value is -1.35. The van der Waals surface area contributed by atoms with E-state index in [4.69, 9.17) is 4.42 Å². The first-order valence-corrected chi connectivity index (χ1v) is 5.42. The van der Waals surface area contributed by atoms with Crippen LogP contribution in [0, 0.1) is 0 Å². The second-order valence-corrected chi connectivity index (χ2v) is 4.02. The van der Waals surface area contributed by atoms with Crippen LogP contribution in [0.1, 0.15) is 11.3 Å². The molecule has 76 valence electrons. The molecule has 1 aromatic heterocycles. The van der Waals surface area contributed by atoms with Crippen LogP contribution < -0.4 is 0 Å².